The molecule has 0 heterocycles. The van der Waals surface area contributed by atoms with E-state index in [0.29, 0.717) is 0 Å². The molecule has 1 atom stereocenters. The summed E-state index contributed by atoms with van der Waals surface area (Å²) >= 11 is 0. The van der Waals surface area contributed by atoms with Crippen LogP contribution in [0, 0.1) is 0 Å². The molecule has 13 heavy (non-hydrogen) atoms. The average molecular weight is 225 g/mol. The van der Waals surface area contributed by atoms with Crippen LogP contribution in [0.4, 0.5) is 17.6 Å². The lowest BCUT2D eigenvalue weighted by Crippen LogP contribution is -2.38. The zero-order valence-electron chi connectivity index (χ0n) is 6.12. The van der Waals surface area contributed by atoms with Gasteiger partial charge in [-0.3, -0.25) is 0 Å². The molecule has 0 fully saturated rings. The molecule has 0 radical (unpaired) electrons. The van der Waals surface area contributed by atoms with Crippen LogP contribution in [0.3, 0.4) is 0 Å². The Morgan fingerprint density at radius 1 is 1.23 bits per heavy atom. The minimum atomic E-state index is -4.90. The number of aliphatic hydroxyl groups is 1. The number of alkyl halides is 4. The highest BCUT2D eigenvalue weighted by molar-refractivity contribution is 7.89. The van der Waals surface area contributed by atoms with Crippen molar-refractivity contribution in [2.24, 2.45) is 0 Å². The van der Waals surface area contributed by atoms with Crippen LogP contribution in [0.25, 0.3) is 0 Å². The highest BCUT2D eigenvalue weighted by atomic mass is 32.2. The Hall–Kier alpha value is -0.410. The van der Waals surface area contributed by atoms with E-state index < -0.39 is 34.9 Å². The van der Waals surface area contributed by atoms with Crippen molar-refractivity contribution in [1.29, 1.82) is 0 Å². The molecule has 0 saturated carbocycles. The molecule has 9 heteroatoms. The van der Waals surface area contributed by atoms with Gasteiger partial charge in [-0.1, -0.05) is 0 Å². The van der Waals surface area contributed by atoms with Gasteiger partial charge in [-0.15, -0.1) is 0 Å². The van der Waals surface area contributed by atoms with Crippen molar-refractivity contribution >= 4 is 10.0 Å². The van der Waals surface area contributed by atoms with E-state index >= 15 is 0 Å². The topological polar surface area (TPSA) is 66.4 Å². The molecule has 0 aliphatic carbocycles. The van der Waals surface area contributed by atoms with E-state index in [1.807, 2.05) is 0 Å². The first kappa shape index (κ1) is 12.6. The van der Waals surface area contributed by atoms with Crippen LogP contribution in [0.5, 0.6) is 0 Å². The van der Waals surface area contributed by atoms with Crippen LogP contribution < -0.4 is 4.72 Å². The molecular formula is C4H7F4NO3S. The Morgan fingerprint density at radius 3 is 2.00 bits per heavy atom. The van der Waals surface area contributed by atoms with Crippen molar-refractivity contribution in [3.63, 3.8) is 0 Å². The number of halogens is 4. The molecule has 0 aliphatic heterocycles. The van der Waals surface area contributed by atoms with Crippen LogP contribution in [-0.2, 0) is 10.0 Å². The van der Waals surface area contributed by atoms with Gasteiger partial charge in [0.05, 0.1) is 0 Å². The zero-order valence-corrected chi connectivity index (χ0v) is 6.94. The second-order valence-corrected chi connectivity index (χ2v) is 3.79. The molecule has 0 saturated heterocycles. The Bertz CT molecular complexity index is 242. The fourth-order valence-electron chi connectivity index (χ4n) is 0.354. The van der Waals surface area contributed by atoms with Crippen LogP contribution in [0.15, 0.2) is 0 Å². The van der Waals surface area contributed by atoms with Gasteiger partial charge in [0.1, 0.15) is 6.10 Å². The molecule has 0 aromatic heterocycles. The number of hydrogen-bond acceptors (Lipinski definition) is 3. The smallest absolute Gasteiger partial charge is 0.350 e. The van der Waals surface area contributed by atoms with Gasteiger partial charge in [0.2, 0.25) is 0 Å². The van der Waals surface area contributed by atoms with Gasteiger partial charge < -0.3 is 5.11 Å². The third-order valence-corrected chi connectivity index (χ3v) is 2.06. The Balaban J connectivity index is 4.04. The maximum Gasteiger partial charge on any atom is 0.350 e. The molecule has 0 bridgehead atoms. The number of rotatable bonds is 5. The lowest BCUT2D eigenvalue weighted by atomic mass is 10.4. The molecule has 4 nitrogen and oxygen atoms in total. The number of aliphatic hydroxyl groups excluding tert-OH is 1. The summed E-state index contributed by atoms with van der Waals surface area (Å²) in [7, 11) is -4.90. The van der Waals surface area contributed by atoms with Crippen molar-refractivity contribution in [3.8, 4) is 0 Å². The maximum absolute atomic E-state index is 11.5. The van der Waals surface area contributed by atoms with Crippen LogP contribution >= 0.6 is 0 Å². The van der Waals surface area contributed by atoms with Crippen LogP contribution in [0.2, 0.25) is 0 Å². The van der Waals surface area contributed by atoms with Crippen LogP contribution in [0.1, 0.15) is 0 Å². The molecule has 0 rings (SSSR count). The van der Waals surface area contributed by atoms with Crippen molar-refractivity contribution in [2.45, 2.75) is 18.3 Å². The molecule has 0 amide bonds. The minimum Gasteiger partial charge on any atom is -0.386 e. The summed E-state index contributed by atoms with van der Waals surface area (Å²) < 4.78 is 67.8. The zero-order chi connectivity index (χ0) is 10.6. The largest absolute Gasteiger partial charge is 0.386 e. The summed E-state index contributed by atoms with van der Waals surface area (Å²) in [6.45, 7) is -1.13. The lowest BCUT2D eigenvalue weighted by molar-refractivity contribution is -0.000651. The maximum atomic E-state index is 11.5. The molecule has 2 N–H and O–H groups in total. The van der Waals surface area contributed by atoms with Crippen molar-refractivity contribution in [3.05, 3.63) is 0 Å². The standard InChI is InChI=1S/C4H7F4NO3S/c5-3(6)2(10)1-9-13(11,12)4(7)8/h2-4,9-10H,1H2. The molecule has 80 valence electrons. The molecule has 0 aromatic carbocycles. The highest BCUT2D eigenvalue weighted by Gasteiger charge is 2.26. The molecule has 0 aromatic rings. The number of hydrogen-bond donors (Lipinski definition) is 2. The summed E-state index contributed by atoms with van der Waals surface area (Å²) in [5, 5.41) is 8.35. The van der Waals surface area contributed by atoms with E-state index in [-0.39, 0.29) is 0 Å². The first-order chi connectivity index (χ1) is 5.77. The van der Waals surface area contributed by atoms with Crippen molar-refractivity contribution in [1.82, 2.24) is 4.72 Å². The fourth-order valence-corrected chi connectivity index (χ4v) is 0.883. The van der Waals surface area contributed by atoms with Crippen molar-refractivity contribution in [2.75, 3.05) is 6.54 Å². The molecular weight excluding hydrogens is 218 g/mol. The third kappa shape index (κ3) is 4.39. The van der Waals surface area contributed by atoms with E-state index in [1.165, 1.54) is 0 Å². The molecule has 0 aliphatic rings. The predicted molar refractivity (Wildman–Crippen MR) is 34.9 cm³/mol. The Labute approximate surface area is 71.6 Å². The quantitative estimate of drug-likeness (QED) is 0.634. The monoisotopic (exact) mass is 225 g/mol. The Kier molecular flexibility index (Phi) is 4.57. The highest BCUT2D eigenvalue weighted by Crippen LogP contribution is 2.03. The van der Waals surface area contributed by atoms with Crippen LogP contribution in [-0.4, -0.2) is 38.4 Å². The van der Waals surface area contributed by atoms with Gasteiger partial charge in [-0.25, -0.2) is 21.9 Å². The Morgan fingerprint density at radius 2 is 1.69 bits per heavy atom. The summed E-state index contributed by atoms with van der Waals surface area (Å²) in [5.74, 6) is -3.70. The number of nitrogens with one attached hydrogen (secondary N) is 1. The van der Waals surface area contributed by atoms with Crippen molar-refractivity contribution < 1.29 is 31.1 Å². The van der Waals surface area contributed by atoms with Gasteiger partial charge in [0.25, 0.3) is 16.4 Å². The SMILES string of the molecule is O=S(=O)(NCC(O)C(F)F)C(F)F. The first-order valence-electron chi connectivity index (χ1n) is 3.00. The van der Waals surface area contributed by atoms with Gasteiger partial charge in [0.15, 0.2) is 0 Å². The lowest BCUT2D eigenvalue weighted by Gasteiger charge is -2.10. The summed E-state index contributed by atoms with van der Waals surface area (Å²) in [4.78, 5) is 0. The average Bonchev–Trinajstić information content (AvgIpc) is 1.99. The van der Waals surface area contributed by atoms with Gasteiger partial charge in [-0.2, -0.15) is 8.78 Å². The second kappa shape index (κ2) is 4.72. The molecule has 0 spiro atoms. The second-order valence-electron chi connectivity index (χ2n) is 2.06. The van der Waals surface area contributed by atoms with Gasteiger partial charge in [-0.05, 0) is 0 Å². The molecule has 1 unspecified atom stereocenters. The van der Waals surface area contributed by atoms with E-state index in [4.69, 9.17) is 5.11 Å². The summed E-state index contributed by atoms with van der Waals surface area (Å²) in [5.41, 5.74) is 0. The predicted octanol–water partition coefficient (Wildman–Crippen LogP) is -0.246. The van der Waals surface area contributed by atoms with Gasteiger partial charge >= 0.3 is 5.76 Å². The van der Waals surface area contributed by atoms with E-state index in [2.05, 4.69) is 0 Å². The fraction of sp³-hybridized carbons (Fsp3) is 1.00. The third-order valence-electron chi connectivity index (χ3n) is 1.02. The summed E-state index contributed by atoms with van der Waals surface area (Å²) in [6.07, 6.45) is -5.46. The summed E-state index contributed by atoms with van der Waals surface area (Å²) in [6, 6.07) is 0. The number of sulfonamides is 1. The van der Waals surface area contributed by atoms with Gasteiger partial charge in [0, 0.05) is 6.54 Å². The van der Waals surface area contributed by atoms with E-state index in [0.717, 1.165) is 4.72 Å². The van der Waals surface area contributed by atoms with E-state index in [1.54, 1.807) is 0 Å². The van der Waals surface area contributed by atoms with E-state index in [9.17, 15) is 26.0 Å². The first-order valence-corrected chi connectivity index (χ1v) is 4.55. The minimum absolute atomic E-state index is 1.13. The normalized spacial score (nSPS) is 15.3.